The summed E-state index contributed by atoms with van der Waals surface area (Å²) in [7, 11) is 0. The first-order valence-corrected chi connectivity index (χ1v) is 12.2. The second-order valence-corrected chi connectivity index (χ2v) is 10.5. The minimum Gasteiger partial charge on any atom is -0.423 e. The first kappa shape index (κ1) is 23.1. The molecule has 0 unspecified atom stereocenters. The van der Waals surface area contributed by atoms with Crippen LogP contribution in [0, 0.1) is 11.2 Å². The van der Waals surface area contributed by atoms with Gasteiger partial charge in [0.1, 0.15) is 11.6 Å². The number of esters is 1. The molecule has 1 atom stereocenters. The number of ether oxygens (including phenoxy) is 1. The third-order valence-electron chi connectivity index (χ3n) is 7.23. The van der Waals surface area contributed by atoms with Crippen molar-refractivity contribution in [3.63, 3.8) is 0 Å². The van der Waals surface area contributed by atoms with E-state index < -0.39 is 17.7 Å². The number of hydrogen-bond acceptors (Lipinski definition) is 5. The number of carbonyl (C=O) groups is 3. The number of Topliss-reactive ketones (excluding diaryl/α,β-unsaturated/α-hetero) is 2. The summed E-state index contributed by atoms with van der Waals surface area (Å²) in [6.07, 6.45) is 1.10. The van der Waals surface area contributed by atoms with Crippen molar-refractivity contribution >= 4 is 23.2 Å². The third-order valence-corrected chi connectivity index (χ3v) is 7.23. The molecule has 3 aliphatic rings. The number of carbonyl (C=O) groups excluding carboxylic acids is 3. The standard InChI is InChI=1S/C31H24FNO4/c1-31(2)15-23-26(24(34)16-31)25(27-28(33-23)21-5-3-4-6-22(21)29(27)35)17-9-13-20(14-10-17)37-30(36)18-7-11-19(32)12-8-18/h3-14,25,33H,15-16H2,1-2H3/t25-/m0/s1. The van der Waals surface area contributed by atoms with Crippen LogP contribution in [0.4, 0.5) is 4.39 Å². The molecule has 6 rings (SSSR count). The highest BCUT2D eigenvalue weighted by Gasteiger charge is 2.46. The predicted octanol–water partition coefficient (Wildman–Crippen LogP) is 5.98. The summed E-state index contributed by atoms with van der Waals surface area (Å²) in [4.78, 5) is 39.5. The second kappa shape index (κ2) is 8.37. The van der Waals surface area contributed by atoms with Crippen molar-refractivity contribution in [1.82, 2.24) is 5.32 Å². The largest absolute Gasteiger partial charge is 0.423 e. The van der Waals surface area contributed by atoms with E-state index in [9.17, 15) is 18.8 Å². The fourth-order valence-electron chi connectivity index (χ4n) is 5.60. The molecule has 3 aromatic rings. The lowest BCUT2D eigenvalue weighted by Crippen LogP contribution is -2.37. The molecule has 3 aromatic carbocycles. The number of benzene rings is 3. The topological polar surface area (TPSA) is 72.5 Å². The molecule has 0 radical (unpaired) electrons. The Morgan fingerprint density at radius 2 is 1.57 bits per heavy atom. The summed E-state index contributed by atoms with van der Waals surface area (Å²) in [6.45, 7) is 4.15. The molecule has 1 N–H and O–H groups in total. The molecular formula is C31H24FNO4. The fourth-order valence-corrected chi connectivity index (χ4v) is 5.60. The molecule has 0 aromatic heterocycles. The molecule has 0 amide bonds. The minimum atomic E-state index is -0.601. The van der Waals surface area contributed by atoms with Gasteiger partial charge in [0.05, 0.1) is 11.3 Å². The van der Waals surface area contributed by atoms with E-state index in [1.54, 1.807) is 24.3 Å². The molecular weight excluding hydrogens is 469 g/mol. The molecule has 0 bridgehead atoms. The van der Waals surface area contributed by atoms with Gasteiger partial charge in [0.25, 0.3) is 0 Å². The maximum absolute atomic E-state index is 13.6. The fraction of sp³-hybridized carbons (Fsp3) is 0.194. The lowest BCUT2D eigenvalue weighted by molar-refractivity contribution is -0.118. The van der Waals surface area contributed by atoms with Crippen molar-refractivity contribution in [2.24, 2.45) is 5.41 Å². The highest BCUT2D eigenvalue weighted by molar-refractivity contribution is 6.23. The lowest BCUT2D eigenvalue weighted by Gasteiger charge is -2.39. The summed E-state index contributed by atoms with van der Waals surface area (Å²) in [6, 6.07) is 19.5. The van der Waals surface area contributed by atoms with E-state index in [-0.39, 0.29) is 22.5 Å². The Hall–Kier alpha value is -4.32. The number of fused-ring (bicyclic) bond motifs is 2. The molecule has 6 heteroatoms. The van der Waals surface area contributed by atoms with E-state index in [4.69, 9.17) is 4.74 Å². The van der Waals surface area contributed by atoms with Crippen molar-refractivity contribution in [2.45, 2.75) is 32.6 Å². The van der Waals surface area contributed by atoms with E-state index >= 15 is 0 Å². The van der Waals surface area contributed by atoms with Gasteiger partial charge in [0.2, 0.25) is 0 Å². The Bertz CT molecular complexity index is 1540. The first-order chi connectivity index (χ1) is 17.7. The number of nitrogens with one attached hydrogen (secondary N) is 1. The molecule has 1 aliphatic heterocycles. The van der Waals surface area contributed by atoms with E-state index in [2.05, 4.69) is 19.2 Å². The van der Waals surface area contributed by atoms with Gasteiger partial charge in [-0.1, -0.05) is 50.2 Å². The smallest absolute Gasteiger partial charge is 0.343 e. The van der Waals surface area contributed by atoms with Gasteiger partial charge in [0.15, 0.2) is 11.6 Å². The average Bonchev–Trinajstić information content (AvgIpc) is 3.15. The molecule has 37 heavy (non-hydrogen) atoms. The van der Waals surface area contributed by atoms with E-state index in [1.807, 2.05) is 24.3 Å². The van der Waals surface area contributed by atoms with Gasteiger partial charge in [-0.25, -0.2) is 9.18 Å². The van der Waals surface area contributed by atoms with Gasteiger partial charge in [-0.15, -0.1) is 0 Å². The van der Waals surface area contributed by atoms with Crippen LogP contribution >= 0.6 is 0 Å². The minimum absolute atomic E-state index is 0.0332. The third kappa shape index (κ3) is 3.89. The zero-order valence-electron chi connectivity index (χ0n) is 20.4. The Morgan fingerprint density at radius 3 is 2.27 bits per heavy atom. The molecule has 2 aliphatic carbocycles. The SMILES string of the molecule is CC1(C)CC(=O)C2=C(C1)NC1=C(C(=O)c3ccccc31)[C@H]2c1ccc(OC(=O)c2ccc(F)cc2)cc1. The van der Waals surface area contributed by atoms with Crippen molar-refractivity contribution in [2.75, 3.05) is 0 Å². The zero-order valence-corrected chi connectivity index (χ0v) is 20.4. The number of halogens is 1. The van der Waals surface area contributed by atoms with Crippen molar-refractivity contribution in [3.05, 3.63) is 118 Å². The highest BCUT2D eigenvalue weighted by Crippen LogP contribution is 2.51. The van der Waals surface area contributed by atoms with E-state index in [1.165, 1.54) is 24.3 Å². The first-order valence-electron chi connectivity index (χ1n) is 12.2. The van der Waals surface area contributed by atoms with Crippen LogP contribution < -0.4 is 10.1 Å². The number of hydrogen-bond donors (Lipinski definition) is 1. The monoisotopic (exact) mass is 493 g/mol. The maximum Gasteiger partial charge on any atom is 0.343 e. The predicted molar refractivity (Wildman–Crippen MR) is 136 cm³/mol. The summed E-state index contributed by atoms with van der Waals surface area (Å²) in [5.74, 6) is -1.29. The normalized spacial score (nSPS) is 19.7. The zero-order chi connectivity index (χ0) is 25.9. The van der Waals surface area contributed by atoms with Gasteiger partial charge in [-0.3, -0.25) is 9.59 Å². The van der Waals surface area contributed by atoms with Crippen molar-refractivity contribution in [1.29, 1.82) is 0 Å². The van der Waals surface area contributed by atoms with Crippen molar-refractivity contribution in [3.8, 4) is 5.75 Å². The number of ketones is 2. The van der Waals surface area contributed by atoms with Gasteiger partial charge >= 0.3 is 5.97 Å². The van der Waals surface area contributed by atoms with Crippen LogP contribution in [0.15, 0.2) is 89.6 Å². The molecule has 0 saturated carbocycles. The Balaban J connectivity index is 1.39. The quantitative estimate of drug-likeness (QED) is 0.359. The van der Waals surface area contributed by atoms with Crippen LogP contribution in [0.5, 0.6) is 5.75 Å². The maximum atomic E-state index is 13.6. The van der Waals surface area contributed by atoms with E-state index in [0.717, 1.165) is 22.5 Å². The van der Waals surface area contributed by atoms with Crippen LogP contribution in [0.2, 0.25) is 0 Å². The van der Waals surface area contributed by atoms with Crippen molar-refractivity contribution < 1.29 is 23.5 Å². The number of dihydropyridines is 1. The Morgan fingerprint density at radius 1 is 0.892 bits per heavy atom. The van der Waals surface area contributed by atoms with Gasteiger partial charge in [-0.2, -0.15) is 0 Å². The molecule has 0 saturated heterocycles. The summed E-state index contributed by atoms with van der Waals surface area (Å²) in [5, 5.41) is 3.47. The highest BCUT2D eigenvalue weighted by atomic mass is 19.1. The van der Waals surface area contributed by atoms with Crippen LogP contribution in [0.1, 0.15) is 64.4 Å². The molecule has 5 nitrogen and oxygen atoms in total. The van der Waals surface area contributed by atoms with Gasteiger partial charge < -0.3 is 10.1 Å². The summed E-state index contributed by atoms with van der Waals surface area (Å²) < 4.78 is 18.6. The number of rotatable bonds is 3. The Labute approximate surface area is 213 Å². The van der Waals surface area contributed by atoms with Crippen LogP contribution in [-0.2, 0) is 4.79 Å². The number of allylic oxidation sites excluding steroid dienone is 3. The lowest BCUT2D eigenvalue weighted by atomic mass is 9.68. The average molecular weight is 494 g/mol. The van der Waals surface area contributed by atoms with Gasteiger partial charge in [-0.05, 0) is 53.8 Å². The van der Waals surface area contributed by atoms with Gasteiger partial charge in [0, 0.05) is 40.3 Å². The van der Waals surface area contributed by atoms with Crippen LogP contribution in [-0.4, -0.2) is 17.5 Å². The van der Waals surface area contributed by atoms with E-state index in [0.29, 0.717) is 35.3 Å². The summed E-state index contributed by atoms with van der Waals surface area (Å²) in [5.41, 5.74) is 5.13. The molecule has 184 valence electrons. The van der Waals surface area contributed by atoms with Crippen LogP contribution in [0.25, 0.3) is 5.70 Å². The molecule has 0 spiro atoms. The van der Waals surface area contributed by atoms with Crippen LogP contribution in [0.3, 0.4) is 0 Å². The molecule has 0 fully saturated rings. The molecule has 1 heterocycles. The summed E-state index contributed by atoms with van der Waals surface area (Å²) >= 11 is 0. The Kier molecular flexibility index (Phi) is 5.23. The second-order valence-electron chi connectivity index (χ2n) is 10.5.